The highest BCUT2D eigenvalue weighted by Crippen LogP contribution is 2.40. The van der Waals surface area contributed by atoms with Crippen molar-refractivity contribution < 1.29 is 9.18 Å². The number of benzene rings is 1. The van der Waals surface area contributed by atoms with Crippen LogP contribution in [0.3, 0.4) is 0 Å². The highest BCUT2D eigenvalue weighted by Gasteiger charge is 2.33. The Morgan fingerprint density at radius 1 is 1.48 bits per heavy atom. The van der Waals surface area contributed by atoms with Crippen molar-refractivity contribution in [2.45, 2.75) is 24.0 Å². The van der Waals surface area contributed by atoms with Crippen LogP contribution < -0.4 is 11.1 Å². The number of nitrogens with zero attached hydrogens (tertiary/aromatic N) is 3. The Kier molecular flexibility index (Phi) is 6.31. The van der Waals surface area contributed by atoms with Crippen LogP contribution in [0.5, 0.6) is 0 Å². The second-order valence-corrected chi connectivity index (χ2v) is 8.28. The summed E-state index contributed by atoms with van der Waals surface area (Å²) in [6, 6.07) is 7.27. The Balaban J connectivity index is 1.71. The molecule has 2 heterocycles. The van der Waals surface area contributed by atoms with E-state index in [4.69, 9.17) is 28.9 Å². The van der Waals surface area contributed by atoms with E-state index in [-0.39, 0.29) is 30.4 Å². The molecule has 0 aliphatic carbocycles. The molecule has 1 aromatic heterocycles. The van der Waals surface area contributed by atoms with Crippen molar-refractivity contribution in [3.05, 3.63) is 56.5 Å². The summed E-state index contributed by atoms with van der Waals surface area (Å²) in [4.78, 5) is 13.1. The third kappa shape index (κ3) is 4.57. The molecule has 27 heavy (non-hydrogen) atoms. The number of rotatable bonds is 6. The summed E-state index contributed by atoms with van der Waals surface area (Å²) in [5, 5.41) is 12.3. The fraction of sp³-hybridized carbons (Fsp3) is 0.353. The van der Waals surface area contributed by atoms with E-state index in [1.165, 1.54) is 12.1 Å². The molecule has 6 nitrogen and oxygen atoms in total. The molecule has 1 amide bonds. The quantitative estimate of drug-likeness (QED) is 0.541. The lowest BCUT2D eigenvalue weighted by Crippen LogP contribution is -2.41. The molecule has 0 spiro atoms. The van der Waals surface area contributed by atoms with Crippen LogP contribution in [0, 0.1) is 5.82 Å². The number of thiophene rings is 1. The van der Waals surface area contributed by atoms with Gasteiger partial charge in [0.05, 0.1) is 9.21 Å². The van der Waals surface area contributed by atoms with E-state index in [1.807, 2.05) is 0 Å². The second-order valence-electron chi connectivity index (χ2n) is 6.18. The molecule has 0 radical (unpaired) electrons. The van der Waals surface area contributed by atoms with Gasteiger partial charge in [-0.15, -0.1) is 16.5 Å². The fourth-order valence-corrected chi connectivity index (χ4v) is 4.45. The van der Waals surface area contributed by atoms with Crippen molar-refractivity contribution in [3.63, 3.8) is 0 Å². The van der Waals surface area contributed by atoms with Crippen molar-refractivity contribution in [3.8, 4) is 0 Å². The first-order valence-electron chi connectivity index (χ1n) is 8.21. The third-order valence-corrected chi connectivity index (χ3v) is 5.93. The second kappa shape index (κ2) is 8.52. The summed E-state index contributed by atoms with van der Waals surface area (Å²) < 4.78 is 13.8. The number of hydrogen-bond donors (Lipinski definition) is 2. The van der Waals surface area contributed by atoms with E-state index in [9.17, 15) is 9.18 Å². The van der Waals surface area contributed by atoms with E-state index in [1.54, 1.807) is 30.3 Å². The molecule has 10 heteroatoms. The van der Waals surface area contributed by atoms with Crippen molar-refractivity contribution in [1.29, 1.82) is 0 Å². The number of halogens is 3. The lowest BCUT2D eigenvalue weighted by atomic mass is 10.1. The van der Waals surface area contributed by atoms with Crippen LogP contribution in [0.25, 0.3) is 0 Å². The molecule has 3 atom stereocenters. The van der Waals surface area contributed by atoms with E-state index < -0.39 is 5.50 Å². The minimum absolute atomic E-state index is 0.223. The van der Waals surface area contributed by atoms with Crippen LogP contribution in [0.1, 0.15) is 26.8 Å². The number of alkyl halides is 1. The van der Waals surface area contributed by atoms with Gasteiger partial charge in [0.1, 0.15) is 11.9 Å². The maximum absolute atomic E-state index is 13.3. The summed E-state index contributed by atoms with van der Waals surface area (Å²) in [5.41, 5.74) is 6.67. The minimum Gasteiger partial charge on any atom is -0.347 e. The number of carbonyl (C=O) groups is 1. The van der Waals surface area contributed by atoms with Gasteiger partial charge in [-0.25, -0.2) is 4.39 Å². The Morgan fingerprint density at radius 2 is 2.26 bits per heavy atom. The summed E-state index contributed by atoms with van der Waals surface area (Å²) >= 11 is 13.7. The number of nitrogens with two attached hydrogens (primary N) is 1. The molecule has 3 rings (SSSR count). The zero-order valence-electron chi connectivity index (χ0n) is 14.4. The molecule has 3 N–H and O–H groups in total. The SMILES string of the molecule is CN1N=NC(Cl)C1c1cc(C(=O)N[C@H](CN)Cc2cccc(F)c2)sc1Cl. The largest absolute Gasteiger partial charge is 0.347 e. The first kappa shape index (κ1) is 20.0. The Hall–Kier alpha value is -1.74. The number of hydrogen-bond acceptors (Lipinski definition) is 6. The summed E-state index contributed by atoms with van der Waals surface area (Å²) in [5.74, 6) is -0.614. The summed E-state index contributed by atoms with van der Waals surface area (Å²) in [6.45, 7) is 0.223. The van der Waals surface area contributed by atoms with Crippen LogP contribution in [-0.2, 0) is 6.42 Å². The topological polar surface area (TPSA) is 83.1 Å². The van der Waals surface area contributed by atoms with E-state index in [0.29, 0.717) is 21.2 Å². The Labute approximate surface area is 170 Å². The molecule has 1 aromatic carbocycles. The van der Waals surface area contributed by atoms with Gasteiger partial charge in [0.25, 0.3) is 5.91 Å². The highest BCUT2D eigenvalue weighted by molar-refractivity contribution is 7.18. The van der Waals surface area contributed by atoms with Crippen molar-refractivity contribution in [1.82, 2.24) is 10.3 Å². The van der Waals surface area contributed by atoms with E-state index in [2.05, 4.69) is 15.7 Å². The van der Waals surface area contributed by atoms with Gasteiger partial charge >= 0.3 is 0 Å². The molecule has 0 saturated heterocycles. The standard InChI is InChI=1S/C17H18Cl2FN5OS/c1-25-14(15(18)23-24-25)12-7-13(27-16(12)19)17(26)22-11(8-21)6-9-3-2-4-10(20)5-9/h2-5,7,11,14-15H,6,8,21H2,1H3,(H,22,26)/t11-,14?,15?/m0/s1. The van der Waals surface area contributed by atoms with Gasteiger partial charge in [-0.3, -0.25) is 9.80 Å². The lowest BCUT2D eigenvalue weighted by Gasteiger charge is -2.18. The maximum Gasteiger partial charge on any atom is 0.261 e. The summed E-state index contributed by atoms with van der Waals surface area (Å²) in [7, 11) is 1.74. The molecule has 1 aliphatic rings. The van der Waals surface area contributed by atoms with Gasteiger partial charge in [-0.05, 0) is 30.2 Å². The van der Waals surface area contributed by atoms with Crippen LogP contribution in [0.2, 0.25) is 4.34 Å². The van der Waals surface area contributed by atoms with Crippen molar-refractivity contribution >= 4 is 40.4 Å². The maximum atomic E-state index is 13.3. The molecule has 144 valence electrons. The number of likely N-dealkylation sites (N-methyl/N-ethyl adjacent to an activating group) is 1. The number of nitrogens with one attached hydrogen (secondary N) is 1. The van der Waals surface area contributed by atoms with Gasteiger partial charge in [-0.2, -0.15) is 0 Å². The van der Waals surface area contributed by atoms with E-state index >= 15 is 0 Å². The average molecular weight is 430 g/mol. The molecule has 1 aliphatic heterocycles. The molecular weight excluding hydrogens is 412 g/mol. The van der Waals surface area contributed by atoms with Gasteiger partial charge in [0.2, 0.25) is 0 Å². The predicted octanol–water partition coefficient (Wildman–Crippen LogP) is 3.76. The van der Waals surface area contributed by atoms with Gasteiger partial charge in [-0.1, -0.05) is 40.6 Å². The third-order valence-electron chi connectivity index (χ3n) is 4.21. The zero-order chi connectivity index (χ0) is 19.6. The monoisotopic (exact) mass is 429 g/mol. The lowest BCUT2D eigenvalue weighted by molar-refractivity contribution is 0.0942. The minimum atomic E-state index is -0.567. The first-order valence-corrected chi connectivity index (χ1v) is 9.84. The molecule has 0 bridgehead atoms. The molecular formula is C17H18Cl2FN5OS. The Morgan fingerprint density at radius 3 is 2.89 bits per heavy atom. The number of amides is 1. The van der Waals surface area contributed by atoms with Crippen LogP contribution in [0.4, 0.5) is 4.39 Å². The van der Waals surface area contributed by atoms with Crippen LogP contribution >= 0.6 is 34.5 Å². The Bertz CT molecular complexity index is 850. The molecule has 2 unspecified atom stereocenters. The normalized spacial score (nSPS) is 20.1. The van der Waals surface area contributed by atoms with Gasteiger partial charge < -0.3 is 11.1 Å². The highest BCUT2D eigenvalue weighted by atomic mass is 35.5. The predicted molar refractivity (Wildman–Crippen MR) is 105 cm³/mol. The van der Waals surface area contributed by atoms with E-state index in [0.717, 1.165) is 16.9 Å². The number of carbonyl (C=O) groups excluding carboxylic acids is 1. The van der Waals surface area contributed by atoms with Gasteiger partial charge in [0, 0.05) is 25.2 Å². The van der Waals surface area contributed by atoms with Crippen molar-refractivity contribution in [2.75, 3.05) is 13.6 Å². The smallest absolute Gasteiger partial charge is 0.261 e. The summed E-state index contributed by atoms with van der Waals surface area (Å²) in [6.07, 6.45) is 0.429. The van der Waals surface area contributed by atoms with Crippen LogP contribution in [-0.4, -0.2) is 36.1 Å². The molecule has 2 aromatic rings. The van der Waals surface area contributed by atoms with Gasteiger partial charge in [0.15, 0.2) is 5.50 Å². The van der Waals surface area contributed by atoms with Crippen LogP contribution in [0.15, 0.2) is 40.7 Å². The first-order chi connectivity index (χ1) is 12.9. The zero-order valence-corrected chi connectivity index (χ0v) is 16.7. The van der Waals surface area contributed by atoms with Crippen molar-refractivity contribution in [2.24, 2.45) is 16.1 Å². The fourth-order valence-electron chi connectivity index (χ4n) is 2.87. The average Bonchev–Trinajstić information content (AvgIpc) is 3.16. The molecule has 0 fully saturated rings. The molecule has 0 saturated carbocycles.